The molecule has 1 aliphatic rings. The van der Waals surface area contributed by atoms with Crippen LogP contribution in [0.15, 0.2) is 71.8 Å². The number of halogens is 1. The van der Waals surface area contributed by atoms with Gasteiger partial charge >= 0.3 is 0 Å². The predicted molar refractivity (Wildman–Crippen MR) is 117 cm³/mol. The highest BCUT2D eigenvalue weighted by Crippen LogP contribution is 2.42. The maximum absolute atomic E-state index is 13.9. The van der Waals surface area contributed by atoms with Gasteiger partial charge in [0.2, 0.25) is 5.43 Å². The van der Waals surface area contributed by atoms with Crippen molar-refractivity contribution < 1.29 is 13.9 Å². The van der Waals surface area contributed by atoms with Crippen LogP contribution in [0.3, 0.4) is 0 Å². The summed E-state index contributed by atoms with van der Waals surface area (Å²) in [6, 6.07) is 16.2. The van der Waals surface area contributed by atoms with Crippen LogP contribution in [0.5, 0.6) is 5.75 Å². The van der Waals surface area contributed by atoms with Gasteiger partial charge in [-0.25, -0.2) is 4.39 Å². The number of carbonyl (C=O) groups is 1. The number of primary amides is 1. The summed E-state index contributed by atoms with van der Waals surface area (Å²) in [5, 5.41) is 0. The first-order valence-electron chi connectivity index (χ1n) is 10.4. The zero-order valence-corrected chi connectivity index (χ0v) is 17.2. The lowest BCUT2D eigenvalue weighted by atomic mass is 9.78. The van der Waals surface area contributed by atoms with Gasteiger partial charge in [-0.2, -0.15) is 0 Å². The van der Waals surface area contributed by atoms with Crippen LogP contribution in [-0.4, -0.2) is 10.5 Å². The van der Waals surface area contributed by atoms with Crippen LogP contribution < -0.4 is 15.9 Å². The zero-order valence-electron chi connectivity index (χ0n) is 17.2. The third-order valence-corrected chi connectivity index (χ3v) is 6.03. The van der Waals surface area contributed by atoms with Crippen molar-refractivity contribution in [1.29, 1.82) is 0 Å². The average molecular weight is 420 g/mol. The number of ether oxygens (including phenoxy) is 1. The smallest absolute Gasteiger partial charge is 0.254 e. The molecule has 1 amide bonds. The molecule has 160 valence electrons. The number of carbonyl (C=O) groups excluding carboxylic acids is 1. The van der Waals surface area contributed by atoms with Gasteiger partial charge in [0.05, 0.1) is 6.20 Å². The van der Waals surface area contributed by atoms with Crippen LogP contribution >= 0.6 is 0 Å². The molecule has 31 heavy (non-hydrogen) atoms. The van der Waals surface area contributed by atoms with Gasteiger partial charge in [-0.3, -0.25) is 9.59 Å². The monoisotopic (exact) mass is 420 g/mol. The number of rotatable bonds is 7. The molecule has 4 rings (SSSR count). The minimum absolute atomic E-state index is 0.0764. The molecule has 0 radical (unpaired) electrons. The molecule has 0 aliphatic heterocycles. The summed E-state index contributed by atoms with van der Waals surface area (Å²) in [4.78, 5) is 24.7. The van der Waals surface area contributed by atoms with Crippen molar-refractivity contribution in [3.63, 3.8) is 0 Å². The fourth-order valence-electron chi connectivity index (χ4n) is 4.47. The van der Waals surface area contributed by atoms with E-state index < -0.39 is 11.3 Å². The third-order valence-electron chi connectivity index (χ3n) is 6.03. The lowest BCUT2D eigenvalue weighted by Gasteiger charge is -2.31. The molecule has 2 N–H and O–H groups in total. The maximum atomic E-state index is 13.9. The van der Waals surface area contributed by atoms with Crippen molar-refractivity contribution in [2.24, 2.45) is 5.73 Å². The van der Waals surface area contributed by atoms with E-state index in [4.69, 9.17) is 10.5 Å². The number of hydrogen-bond acceptors (Lipinski definition) is 3. The Morgan fingerprint density at radius 2 is 1.81 bits per heavy atom. The average Bonchev–Trinajstić information content (AvgIpc) is 3.24. The highest BCUT2D eigenvalue weighted by molar-refractivity contribution is 5.92. The first kappa shape index (κ1) is 20.8. The van der Waals surface area contributed by atoms with Crippen LogP contribution in [0.1, 0.15) is 47.2 Å². The number of amides is 1. The van der Waals surface area contributed by atoms with Crippen LogP contribution in [-0.2, 0) is 18.6 Å². The van der Waals surface area contributed by atoms with Gasteiger partial charge in [0.25, 0.3) is 5.91 Å². The summed E-state index contributed by atoms with van der Waals surface area (Å²) in [6.07, 6.45) is 6.98. The Balaban J connectivity index is 1.69. The lowest BCUT2D eigenvalue weighted by Crippen LogP contribution is -2.31. The molecule has 5 nitrogen and oxygen atoms in total. The van der Waals surface area contributed by atoms with E-state index >= 15 is 0 Å². The number of pyridine rings is 1. The van der Waals surface area contributed by atoms with Crippen LogP contribution in [0, 0.1) is 5.82 Å². The van der Waals surface area contributed by atoms with Gasteiger partial charge < -0.3 is 15.0 Å². The number of hydrogen-bond donors (Lipinski definition) is 1. The van der Waals surface area contributed by atoms with Crippen molar-refractivity contribution in [3.8, 4) is 5.75 Å². The number of benzene rings is 2. The highest BCUT2D eigenvalue weighted by Gasteiger charge is 2.36. The first-order valence-corrected chi connectivity index (χ1v) is 10.4. The molecule has 0 spiro atoms. The molecular formula is C25H25FN2O3. The molecule has 1 heterocycles. The van der Waals surface area contributed by atoms with Crippen molar-refractivity contribution in [2.75, 3.05) is 0 Å². The Bertz CT molecular complexity index is 1140. The van der Waals surface area contributed by atoms with E-state index in [1.165, 1.54) is 12.3 Å². The lowest BCUT2D eigenvalue weighted by molar-refractivity contribution is 0.0997. The van der Waals surface area contributed by atoms with Crippen LogP contribution in [0.25, 0.3) is 0 Å². The Morgan fingerprint density at radius 3 is 2.48 bits per heavy atom. The zero-order chi connectivity index (χ0) is 21.8. The summed E-state index contributed by atoms with van der Waals surface area (Å²) in [6.45, 7) is 0.700. The molecule has 0 bridgehead atoms. The van der Waals surface area contributed by atoms with Crippen LogP contribution in [0.4, 0.5) is 4.39 Å². The normalized spacial score (nSPS) is 15.0. The standard InChI is InChI=1S/C25H25FN2O3/c26-20-10-6-9-19(13-20)25(11-4-5-12-25)17-28-14-21(24(27)30)23(29)22(15-28)31-16-18-7-2-1-3-8-18/h1-3,6-10,13-15H,4-5,11-12,16-17H2,(H2,27,30). The molecule has 0 saturated heterocycles. The highest BCUT2D eigenvalue weighted by atomic mass is 19.1. The fraction of sp³-hybridized carbons (Fsp3) is 0.280. The van der Waals surface area contributed by atoms with Crippen molar-refractivity contribution in [1.82, 2.24) is 4.57 Å². The van der Waals surface area contributed by atoms with E-state index in [2.05, 4.69) is 0 Å². The third kappa shape index (κ3) is 4.53. The molecule has 1 fully saturated rings. The molecule has 1 aliphatic carbocycles. The van der Waals surface area contributed by atoms with Gasteiger partial charge in [0.15, 0.2) is 5.75 Å². The van der Waals surface area contributed by atoms with Crippen molar-refractivity contribution in [3.05, 3.63) is 99.7 Å². The quantitative estimate of drug-likeness (QED) is 0.623. The molecule has 6 heteroatoms. The van der Waals surface area contributed by atoms with Gasteiger partial charge in [0.1, 0.15) is 18.0 Å². The van der Waals surface area contributed by atoms with Gasteiger partial charge in [-0.15, -0.1) is 0 Å². The summed E-state index contributed by atoms with van der Waals surface area (Å²) in [7, 11) is 0. The Labute approximate surface area is 180 Å². The van der Waals surface area contributed by atoms with Gasteiger partial charge in [-0.1, -0.05) is 55.3 Å². The van der Waals surface area contributed by atoms with E-state index in [1.54, 1.807) is 22.9 Å². The number of nitrogens with zero attached hydrogens (tertiary/aromatic N) is 1. The van der Waals surface area contributed by atoms with Crippen LogP contribution in [0.2, 0.25) is 0 Å². The number of aromatic nitrogens is 1. The van der Waals surface area contributed by atoms with E-state index in [-0.39, 0.29) is 29.2 Å². The molecule has 0 unspecified atom stereocenters. The summed E-state index contributed by atoms with van der Waals surface area (Å²) >= 11 is 0. The second-order valence-electron chi connectivity index (χ2n) is 8.17. The summed E-state index contributed by atoms with van der Waals surface area (Å²) in [5.74, 6) is -0.990. The van der Waals surface area contributed by atoms with Gasteiger partial charge in [0, 0.05) is 18.2 Å². The Morgan fingerprint density at radius 1 is 1.06 bits per heavy atom. The molecule has 2 aromatic carbocycles. The SMILES string of the molecule is NC(=O)c1cn(CC2(c3cccc(F)c3)CCCC2)cc(OCc2ccccc2)c1=O. The van der Waals surface area contributed by atoms with Crippen molar-refractivity contribution in [2.45, 2.75) is 44.2 Å². The predicted octanol–water partition coefficient (Wildman–Crippen LogP) is 4.18. The Hall–Kier alpha value is -3.41. The number of nitrogens with two attached hydrogens (primary N) is 1. The van der Waals surface area contributed by atoms with Crippen molar-refractivity contribution >= 4 is 5.91 Å². The van der Waals surface area contributed by atoms with Gasteiger partial charge in [-0.05, 0) is 36.1 Å². The maximum Gasteiger partial charge on any atom is 0.254 e. The van der Waals surface area contributed by atoms with E-state index in [0.717, 1.165) is 36.8 Å². The summed E-state index contributed by atoms with van der Waals surface area (Å²) in [5.41, 5.74) is 6.40. The Kier molecular flexibility index (Phi) is 5.89. The second kappa shape index (κ2) is 8.76. The largest absolute Gasteiger partial charge is 0.483 e. The minimum atomic E-state index is -0.796. The molecule has 3 aromatic rings. The topological polar surface area (TPSA) is 74.3 Å². The second-order valence-corrected chi connectivity index (χ2v) is 8.17. The summed E-state index contributed by atoms with van der Waals surface area (Å²) < 4.78 is 21.5. The fourth-order valence-corrected chi connectivity index (χ4v) is 4.47. The minimum Gasteiger partial charge on any atom is -0.483 e. The molecule has 0 atom stereocenters. The first-order chi connectivity index (χ1) is 15.0. The molecule has 1 aromatic heterocycles. The van der Waals surface area contributed by atoms with E-state index in [9.17, 15) is 14.0 Å². The van der Waals surface area contributed by atoms with E-state index in [1.807, 2.05) is 36.4 Å². The van der Waals surface area contributed by atoms with E-state index in [0.29, 0.717) is 6.54 Å². The molecular weight excluding hydrogens is 395 g/mol. The molecule has 1 saturated carbocycles.